The number of nitrogen functional groups attached to an aromatic ring is 1. The number of aromatic hydroxyl groups is 3. The Morgan fingerprint density at radius 3 is 1.26 bits per heavy atom. The first kappa shape index (κ1) is 67.9. The lowest BCUT2D eigenvalue weighted by atomic mass is 9.82. The Hall–Kier alpha value is -9.64. The predicted molar refractivity (Wildman–Crippen MR) is 377 cm³/mol. The van der Waals surface area contributed by atoms with Gasteiger partial charge in [-0.3, -0.25) is 29.7 Å². The second kappa shape index (κ2) is 28.3. The Morgan fingerprint density at radius 1 is 0.455 bits per heavy atom. The number of benzene rings is 8. The molecular formula is C77H84ClN7O14. The molecule has 0 amide bonds. The molecule has 0 saturated heterocycles. The first-order valence-electron chi connectivity index (χ1n) is 33.3. The van der Waals surface area contributed by atoms with Crippen LogP contribution in [0, 0.1) is 10.1 Å². The minimum atomic E-state index is -0.470. The Balaban J connectivity index is 0.000000118. The smallest absolute Gasteiger partial charge is 0.315 e. The quantitative estimate of drug-likeness (QED) is 0.0454. The third-order valence-electron chi connectivity index (χ3n) is 21.5. The number of oxazole rings is 1. The van der Waals surface area contributed by atoms with Crippen molar-refractivity contribution in [1.29, 1.82) is 0 Å². The molecule has 518 valence electrons. The maximum Gasteiger partial charge on any atom is 0.315 e. The van der Waals surface area contributed by atoms with Gasteiger partial charge in [0.05, 0.1) is 73.1 Å². The van der Waals surface area contributed by atoms with Gasteiger partial charge in [-0.1, -0.05) is 48.5 Å². The van der Waals surface area contributed by atoms with E-state index in [1.54, 1.807) is 81.5 Å². The largest absolute Gasteiger partial charge is 0.508 e. The highest BCUT2D eigenvalue weighted by Gasteiger charge is 2.42. The number of fused-ring (bicyclic) bond motifs is 18. The molecule has 5 N–H and O–H groups in total. The van der Waals surface area contributed by atoms with Crippen molar-refractivity contribution in [3.63, 3.8) is 0 Å². The van der Waals surface area contributed by atoms with Crippen LogP contribution in [0.4, 0.5) is 11.4 Å². The average molecular weight is 1370 g/mol. The lowest BCUT2D eigenvalue weighted by Crippen LogP contribution is -2.40. The molecule has 99 heavy (non-hydrogen) atoms. The fourth-order valence-corrected chi connectivity index (χ4v) is 16.7. The van der Waals surface area contributed by atoms with Gasteiger partial charge in [0.25, 0.3) is 0 Å². The molecule has 4 unspecified atom stereocenters. The molecular weight excluding hydrogens is 1280 g/mol. The summed E-state index contributed by atoms with van der Waals surface area (Å²) in [4.78, 5) is 25.3. The first-order valence-corrected chi connectivity index (χ1v) is 33.3. The van der Waals surface area contributed by atoms with Crippen LogP contribution in [-0.2, 0) is 77.5 Å². The highest BCUT2D eigenvalue weighted by atomic mass is 35.5. The Labute approximate surface area is 581 Å². The number of phenolic OH excluding ortho intramolecular Hbond substituents is 3. The number of nitrogens with two attached hydrogens (primary N) is 1. The maximum atomic E-state index is 11.6. The molecule has 0 radical (unpaired) electrons. The van der Waals surface area contributed by atoms with Crippen molar-refractivity contribution in [3.8, 4) is 63.2 Å². The van der Waals surface area contributed by atoms with Gasteiger partial charge in [-0.2, -0.15) is 0 Å². The maximum absolute atomic E-state index is 11.6. The molecule has 0 bridgehead atoms. The zero-order valence-electron chi connectivity index (χ0n) is 57.0. The molecule has 9 aromatic rings. The number of rotatable bonds is 9. The molecule has 8 aliphatic rings. The van der Waals surface area contributed by atoms with Crippen LogP contribution >= 0.6 is 12.4 Å². The number of nitrogens with zero attached hydrogens (tertiary/aromatic N) is 6. The molecule has 17 rings (SSSR count). The third kappa shape index (κ3) is 12.2. The number of halogens is 1. The second-order valence-corrected chi connectivity index (χ2v) is 26.1. The standard InChI is InChI=1S/C20H20N2O3.C19H20N2O5.C19H22N2O3.C19H21NO3.ClH/c1-23-17-6-4-13-9-15-18-12(3-5-16-19(18)21-11-25-16)7-8-22(15)10-14(13)20(17)24-2;1-25-16-6-4-12-9-14-17-11(3-5-15(22)18(17)21(23)24)7-8-20(14)10-13(12)19(16)26-2;1-23-16-6-4-12-9-14-17-11(3-5-15(22)18(17)20)7-8-21(14)10-13(12)19(16)24-2;1-22-18-6-4-13-9-17-15-10-14(21)5-3-12(15)7-8-20(17)11-16(13)19(18)23-2;/h3-6,11,15H,7-10H2,1-2H3;3-6,14,22H,7-10H2,1-2H3;3-6,14,22H,7-10,20H2,1-2H3;3-6,10,17,21H,7-9,11H2,1-2H3;1H. The number of phenols is 3. The van der Waals surface area contributed by atoms with E-state index in [9.17, 15) is 25.4 Å². The van der Waals surface area contributed by atoms with E-state index in [0.717, 1.165) is 158 Å². The minimum absolute atomic E-state index is 0. The van der Waals surface area contributed by atoms with E-state index in [-0.39, 0.29) is 41.7 Å². The highest BCUT2D eigenvalue weighted by Crippen LogP contribution is 2.52. The fourth-order valence-electron chi connectivity index (χ4n) is 16.7. The molecule has 4 atom stereocenters. The van der Waals surface area contributed by atoms with E-state index in [2.05, 4.69) is 54.9 Å². The number of nitro groups is 1. The van der Waals surface area contributed by atoms with Gasteiger partial charge in [0, 0.05) is 104 Å². The van der Waals surface area contributed by atoms with Crippen molar-refractivity contribution in [1.82, 2.24) is 24.6 Å². The van der Waals surface area contributed by atoms with Gasteiger partial charge in [0.1, 0.15) is 17.0 Å². The summed E-state index contributed by atoms with van der Waals surface area (Å²) in [5, 5.41) is 41.6. The summed E-state index contributed by atoms with van der Waals surface area (Å²) in [6, 6.07) is 33.9. The van der Waals surface area contributed by atoms with Crippen LogP contribution < -0.4 is 43.6 Å². The number of ether oxygens (including phenoxy) is 8. The molecule has 21 nitrogen and oxygen atoms in total. The molecule has 9 heterocycles. The van der Waals surface area contributed by atoms with Crippen LogP contribution in [-0.4, -0.2) is 128 Å². The first-order chi connectivity index (χ1) is 47.7. The number of aromatic nitrogens is 1. The van der Waals surface area contributed by atoms with E-state index in [4.69, 9.17) is 48.0 Å². The van der Waals surface area contributed by atoms with Crippen molar-refractivity contribution in [3.05, 3.63) is 209 Å². The van der Waals surface area contributed by atoms with E-state index in [1.807, 2.05) is 48.5 Å². The molecule has 0 spiro atoms. The van der Waals surface area contributed by atoms with E-state index < -0.39 is 4.92 Å². The summed E-state index contributed by atoms with van der Waals surface area (Å²) < 4.78 is 49.7. The van der Waals surface area contributed by atoms with Gasteiger partial charge in [0.2, 0.25) is 0 Å². The molecule has 1 aromatic heterocycles. The summed E-state index contributed by atoms with van der Waals surface area (Å²) in [7, 11) is 13.4. The molecule has 8 aliphatic heterocycles. The Morgan fingerprint density at radius 2 is 0.818 bits per heavy atom. The molecule has 22 heteroatoms. The van der Waals surface area contributed by atoms with Crippen molar-refractivity contribution < 1.29 is 62.6 Å². The molecule has 8 aromatic carbocycles. The van der Waals surface area contributed by atoms with Crippen molar-refractivity contribution >= 4 is 34.9 Å². The SMILES string of the molecule is COc1ccc2c(c1OC)CN1CCc3ccc(O)c(N)c3C1C2.COc1ccc2c(c1OC)CN1CCc3ccc(O)c([N+](=O)[O-])c3C1C2.COc1ccc2c(c1OC)CN1CCc3ccc(O)cc3C1C2.COc1ccc2c(c1OC)CN1CCc3ccc4ocnc4c3C1C2.Cl. The van der Waals surface area contributed by atoms with Gasteiger partial charge in [-0.15, -0.1) is 12.4 Å². The van der Waals surface area contributed by atoms with Crippen molar-refractivity contribution in [2.75, 3.05) is 88.8 Å². The van der Waals surface area contributed by atoms with Gasteiger partial charge in [-0.25, -0.2) is 4.98 Å². The third-order valence-corrected chi connectivity index (χ3v) is 21.5. The molecule has 0 fully saturated rings. The van der Waals surface area contributed by atoms with Crippen LogP contribution in [0.2, 0.25) is 0 Å². The monoisotopic (exact) mass is 1370 g/mol. The highest BCUT2D eigenvalue weighted by molar-refractivity contribution is 5.85. The van der Waals surface area contributed by atoms with Gasteiger partial charge >= 0.3 is 5.69 Å². The Bertz CT molecular complexity index is 4560. The van der Waals surface area contributed by atoms with Gasteiger partial charge < -0.3 is 63.4 Å². The topological polar surface area (TPSA) is 243 Å². The normalized spacial score (nSPS) is 18.9. The van der Waals surface area contributed by atoms with E-state index in [0.29, 0.717) is 54.2 Å². The predicted octanol–water partition coefficient (Wildman–Crippen LogP) is 12.6. The summed E-state index contributed by atoms with van der Waals surface area (Å²) in [5.74, 6) is 6.56. The van der Waals surface area contributed by atoms with Crippen molar-refractivity contribution in [2.45, 2.75) is 102 Å². The minimum Gasteiger partial charge on any atom is -0.508 e. The second-order valence-electron chi connectivity index (χ2n) is 26.1. The summed E-state index contributed by atoms with van der Waals surface area (Å²) in [6.07, 6.45) is 8.65. The Kier molecular flexibility index (Phi) is 19.4. The van der Waals surface area contributed by atoms with Gasteiger partial charge in [0.15, 0.2) is 63.7 Å². The number of methoxy groups -OCH3 is 8. The van der Waals surface area contributed by atoms with Crippen LogP contribution in [0.25, 0.3) is 11.1 Å². The summed E-state index contributed by atoms with van der Waals surface area (Å²) in [5.41, 5.74) is 27.4. The van der Waals surface area contributed by atoms with Gasteiger partial charge in [-0.05, 0) is 162 Å². The van der Waals surface area contributed by atoms with E-state index >= 15 is 0 Å². The number of hydrogen-bond donors (Lipinski definition) is 4. The lowest BCUT2D eigenvalue weighted by molar-refractivity contribution is -0.387. The zero-order chi connectivity index (χ0) is 68.2. The van der Waals surface area contributed by atoms with Crippen LogP contribution in [0.15, 0.2) is 114 Å². The fraction of sp³-hybridized carbons (Fsp3) is 0.364. The molecule has 0 saturated carbocycles. The van der Waals surface area contributed by atoms with Crippen molar-refractivity contribution in [2.24, 2.45) is 0 Å². The van der Waals surface area contributed by atoms with Crippen LogP contribution in [0.5, 0.6) is 63.2 Å². The van der Waals surface area contributed by atoms with Crippen LogP contribution in [0.1, 0.15) is 113 Å². The van der Waals surface area contributed by atoms with E-state index in [1.165, 1.54) is 67.3 Å². The number of nitro benzene ring substituents is 1. The van der Waals surface area contributed by atoms with Crippen LogP contribution in [0.3, 0.4) is 0 Å². The molecule has 0 aliphatic carbocycles. The lowest BCUT2D eigenvalue weighted by Gasteiger charge is -2.42. The number of anilines is 1. The summed E-state index contributed by atoms with van der Waals surface area (Å²) in [6.45, 7) is 7.01. The zero-order valence-corrected chi connectivity index (χ0v) is 57.8. The number of hydrogen-bond acceptors (Lipinski definition) is 20. The average Bonchev–Trinajstić information content (AvgIpc) is 1.55. The summed E-state index contributed by atoms with van der Waals surface area (Å²) >= 11 is 0.